The zero-order valence-corrected chi connectivity index (χ0v) is 8.92. The highest BCUT2D eigenvalue weighted by Gasteiger charge is 2.06. The van der Waals surface area contributed by atoms with Crippen molar-refractivity contribution in [3.8, 4) is 5.75 Å². The molecule has 3 N–H and O–H groups in total. The predicted molar refractivity (Wildman–Crippen MR) is 61.3 cm³/mol. The summed E-state index contributed by atoms with van der Waals surface area (Å²) in [7, 11) is 0. The Hall–Kier alpha value is -1.88. The minimum absolute atomic E-state index is 0.0601. The van der Waals surface area contributed by atoms with Crippen LogP contribution in [-0.4, -0.2) is 20.7 Å². The molecule has 5 heteroatoms. The van der Waals surface area contributed by atoms with Gasteiger partial charge in [-0.3, -0.25) is 9.36 Å². The van der Waals surface area contributed by atoms with Crippen molar-refractivity contribution in [2.24, 2.45) is 5.73 Å². The summed E-state index contributed by atoms with van der Waals surface area (Å²) in [4.78, 5) is 16.1. The lowest BCUT2D eigenvalue weighted by Crippen LogP contribution is -2.30. The highest BCUT2D eigenvalue weighted by atomic mass is 16.3. The van der Waals surface area contributed by atoms with Crippen molar-refractivity contribution in [2.75, 3.05) is 0 Å². The number of hydrogen-bond donors (Lipinski definition) is 2. The molecule has 1 aromatic heterocycles. The van der Waals surface area contributed by atoms with E-state index in [4.69, 9.17) is 5.73 Å². The summed E-state index contributed by atoms with van der Waals surface area (Å²) in [5.74, 6) is 0.0601. The van der Waals surface area contributed by atoms with E-state index in [0.717, 1.165) is 0 Å². The van der Waals surface area contributed by atoms with E-state index in [1.54, 1.807) is 6.07 Å². The van der Waals surface area contributed by atoms with Gasteiger partial charge in [-0.25, -0.2) is 4.98 Å². The molecule has 2 rings (SSSR count). The lowest BCUT2D eigenvalue weighted by molar-refractivity contribution is 0.476. The molecule has 1 atom stereocenters. The molecule has 0 saturated carbocycles. The van der Waals surface area contributed by atoms with Crippen molar-refractivity contribution < 1.29 is 5.11 Å². The van der Waals surface area contributed by atoms with Crippen LogP contribution in [-0.2, 0) is 6.54 Å². The summed E-state index contributed by atoms with van der Waals surface area (Å²) in [5, 5.41) is 9.73. The van der Waals surface area contributed by atoms with Crippen LogP contribution in [0.2, 0.25) is 0 Å². The van der Waals surface area contributed by atoms with Crippen molar-refractivity contribution in [3.05, 3.63) is 34.9 Å². The Bertz CT molecular complexity index is 575. The Kier molecular flexibility index (Phi) is 2.62. The minimum atomic E-state index is -0.182. The van der Waals surface area contributed by atoms with E-state index in [1.165, 1.54) is 23.0 Å². The van der Waals surface area contributed by atoms with Crippen LogP contribution in [0.25, 0.3) is 10.9 Å². The standard InChI is InChI=1S/C11H13N3O2/c1-7(12)5-14-6-13-10-3-2-8(15)4-9(10)11(14)16/h2-4,6-7,15H,5,12H2,1H3. The first kappa shape index (κ1) is 10.6. The number of aromatic hydroxyl groups is 1. The second kappa shape index (κ2) is 3.94. The number of phenolic OH excluding ortho intramolecular Hbond substituents is 1. The fraction of sp³-hybridized carbons (Fsp3) is 0.273. The zero-order valence-electron chi connectivity index (χ0n) is 8.92. The Morgan fingerprint density at radius 1 is 1.56 bits per heavy atom. The molecular formula is C11H13N3O2. The van der Waals surface area contributed by atoms with Crippen LogP contribution in [0.15, 0.2) is 29.3 Å². The van der Waals surface area contributed by atoms with E-state index in [9.17, 15) is 9.90 Å². The Balaban J connectivity index is 2.64. The number of nitrogens with two attached hydrogens (primary N) is 1. The van der Waals surface area contributed by atoms with Crippen LogP contribution in [0.1, 0.15) is 6.92 Å². The van der Waals surface area contributed by atoms with Crippen molar-refractivity contribution in [1.82, 2.24) is 9.55 Å². The summed E-state index contributed by atoms with van der Waals surface area (Å²) >= 11 is 0. The first-order chi connectivity index (χ1) is 7.58. The van der Waals surface area contributed by atoms with E-state index in [-0.39, 0.29) is 17.4 Å². The smallest absolute Gasteiger partial charge is 0.261 e. The molecule has 0 aliphatic heterocycles. The van der Waals surface area contributed by atoms with E-state index in [1.807, 2.05) is 6.92 Å². The SMILES string of the molecule is CC(N)Cn1cnc2ccc(O)cc2c1=O. The van der Waals surface area contributed by atoms with Crippen molar-refractivity contribution in [2.45, 2.75) is 19.5 Å². The second-order valence-electron chi connectivity index (χ2n) is 3.88. The maximum atomic E-state index is 12.0. The van der Waals surface area contributed by atoms with Gasteiger partial charge >= 0.3 is 0 Å². The van der Waals surface area contributed by atoms with Crippen LogP contribution in [0.4, 0.5) is 0 Å². The van der Waals surface area contributed by atoms with Crippen molar-refractivity contribution in [3.63, 3.8) is 0 Å². The Labute approximate surface area is 92.2 Å². The largest absolute Gasteiger partial charge is 0.508 e. The fourth-order valence-electron chi connectivity index (χ4n) is 1.59. The van der Waals surface area contributed by atoms with Gasteiger partial charge in [-0.15, -0.1) is 0 Å². The molecule has 0 aliphatic carbocycles. The van der Waals surface area contributed by atoms with Gasteiger partial charge in [0.05, 0.1) is 17.2 Å². The lowest BCUT2D eigenvalue weighted by Gasteiger charge is -2.08. The predicted octanol–water partition coefficient (Wildman–Crippen LogP) is 0.449. The Morgan fingerprint density at radius 3 is 3.00 bits per heavy atom. The third-order valence-corrected chi connectivity index (χ3v) is 2.29. The first-order valence-electron chi connectivity index (χ1n) is 5.01. The fourth-order valence-corrected chi connectivity index (χ4v) is 1.59. The summed E-state index contributed by atoms with van der Waals surface area (Å²) in [5.41, 5.74) is 6.02. The molecule has 5 nitrogen and oxygen atoms in total. The second-order valence-corrected chi connectivity index (χ2v) is 3.88. The van der Waals surface area contributed by atoms with E-state index >= 15 is 0 Å². The van der Waals surface area contributed by atoms with Crippen LogP contribution in [0.3, 0.4) is 0 Å². The molecule has 0 saturated heterocycles. The zero-order chi connectivity index (χ0) is 11.7. The summed E-state index contributed by atoms with van der Waals surface area (Å²) in [6.45, 7) is 2.23. The molecule has 0 spiro atoms. The highest BCUT2D eigenvalue weighted by Crippen LogP contribution is 2.14. The molecule has 1 unspecified atom stereocenters. The van der Waals surface area contributed by atoms with Crippen LogP contribution in [0, 0.1) is 0 Å². The van der Waals surface area contributed by atoms with E-state index in [2.05, 4.69) is 4.98 Å². The number of aromatic nitrogens is 2. The summed E-state index contributed by atoms with van der Waals surface area (Å²) in [6.07, 6.45) is 1.48. The number of nitrogens with zero attached hydrogens (tertiary/aromatic N) is 2. The highest BCUT2D eigenvalue weighted by molar-refractivity contribution is 5.78. The molecule has 0 fully saturated rings. The van der Waals surface area contributed by atoms with Crippen molar-refractivity contribution in [1.29, 1.82) is 0 Å². The van der Waals surface area contributed by atoms with Gasteiger partial charge in [0.1, 0.15) is 5.75 Å². The third kappa shape index (κ3) is 1.90. The number of hydrogen-bond acceptors (Lipinski definition) is 4. The molecular weight excluding hydrogens is 206 g/mol. The van der Waals surface area contributed by atoms with Crippen molar-refractivity contribution >= 4 is 10.9 Å². The van der Waals surface area contributed by atoms with Gasteiger partial charge in [0, 0.05) is 12.6 Å². The normalized spacial score (nSPS) is 12.9. The number of benzene rings is 1. The molecule has 84 valence electrons. The molecule has 16 heavy (non-hydrogen) atoms. The molecule has 2 aromatic rings. The molecule has 0 radical (unpaired) electrons. The van der Waals surface area contributed by atoms with Gasteiger partial charge in [0.15, 0.2) is 0 Å². The maximum absolute atomic E-state index is 12.0. The molecule has 0 bridgehead atoms. The van der Waals surface area contributed by atoms with Crippen LogP contribution < -0.4 is 11.3 Å². The van der Waals surface area contributed by atoms with Gasteiger partial charge < -0.3 is 10.8 Å². The number of rotatable bonds is 2. The first-order valence-corrected chi connectivity index (χ1v) is 5.01. The van der Waals surface area contributed by atoms with Gasteiger partial charge in [-0.05, 0) is 25.1 Å². The lowest BCUT2D eigenvalue weighted by atomic mass is 10.2. The third-order valence-electron chi connectivity index (χ3n) is 2.29. The average molecular weight is 219 g/mol. The topological polar surface area (TPSA) is 81.1 Å². The maximum Gasteiger partial charge on any atom is 0.261 e. The van der Waals surface area contributed by atoms with Crippen LogP contribution >= 0.6 is 0 Å². The van der Waals surface area contributed by atoms with Crippen LogP contribution in [0.5, 0.6) is 5.75 Å². The van der Waals surface area contributed by atoms with Gasteiger partial charge in [0.2, 0.25) is 0 Å². The van der Waals surface area contributed by atoms with E-state index < -0.39 is 0 Å². The molecule has 1 aromatic carbocycles. The van der Waals surface area contributed by atoms with Gasteiger partial charge in [0.25, 0.3) is 5.56 Å². The molecule has 0 aliphatic rings. The average Bonchev–Trinajstić information content (AvgIpc) is 2.22. The monoisotopic (exact) mass is 219 g/mol. The molecule has 1 heterocycles. The van der Waals surface area contributed by atoms with Gasteiger partial charge in [-0.1, -0.05) is 0 Å². The Morgan fingerprint density at radius 2 is 2.31 bits per heavy atom. The summed E-state index contributed by atoms with van der Waals surface area (Å²) in [6, 6.07) is 4.42. The minimum Gasteiger partial charge on any atom is -0.508 e. The quantitative estimate of drug-likeness (QED) is 0.768. The molecule has 0 amide bonds. The number of fused-ring (bicyclic) bond motifs is 1. The van der Waals surface area contributed by atoms with E-state index in [0.29, 0.717) is 17.4 Å². The van der Waals surface area contributed by atoms with Gasteiger partial charge in [-0.2, -0.15) is 0 Å². The summed E-state index contributed by atoms with van der Waals surface area (Å²) < 4.78 is 1.45. The number of phenols is 1.